The molecule has 4 rings (SSSR count). The van der Waals surface area contributed by atoms with Gasteiger partial charge in [0.05, 0.1) is 18.1 Å². The highest BCUT2D eigenvalue weighted by atomic mass is 16.2. The van der Waals surface area contributed by atoms with Gasteiger partial charge in [-0.2, -0.15) is 5.26 Å². The minimum atomic E-state index is -0.566. The second-order valence-electron chi connectivity index (χ2n) is 7.49. The van der Waals surface area contributed by atoms with Crippen molar-refractivity contribution < 1.29 is 9.59 Å². The van der Waals surface area contributed by atoms with E-state index in [-0.39, 0.29) is 5.91 Å². The number of piperazine rings is 1. The molecule has 1 aliphatic heterocycles. The second-order valence-corrected chi connectivity index (χ2v) is 7.49. The van der Waals surface area contributed by atoms with Crippen LogP contribution in [0.5, 0.6) is 0 Å². The smallest absolute Gasteiger partial charge is 0.239 e. The number of amides is 2. The van der Waals surface area contributed by atoms with Gasteiger partial charge in [-0.05, 0) is 29.3 Å². The first-order valence-electron chi connectivity index (χ1n) is 9.93. The maximum absolute atomic E-state index is 12.8. The third-order valence-corrected chi connectivity index (χ3v) is 5.67. The summed E-state index contributed by atoms with van der Waals surface area (Å²) in [7, 11) is 0. The zero-order chi connectivity index (χ0) is 21.1. The topological polar surface area (TPSA) is 106 Å². The number of H-pyrrole nitrogens is 1. The van der Waals surface area contributed by atoms with Gasteiger partial charge in [0.15, 0.2) is 0 Å². The third kappa shape index (κ3) is 3.91. The molecular weight excluding hydrogens is 378 g/mol. The minimum Gasteiger partial charge on any atom is -0.368 e. The van der Waals surface area contributed by atoms with E-state index < -0.39 is 11.9 Å². The van der Waals surface area contributed by atoms with E-state index in [0.29, 0.717) is 38.2 Å². The number of aromatic nitrogens is 1. The van der Waals surface area contributed by atoms with Crippen LogP contribution in [0.15, 0.2) is 54.7 Å². The fourth-order valence-corrected chi connectivity index (χ4v) is 4.08. The van der Waals surface area contributed by atoms with Crippen LogP contribution in [0.2, 0.25) is 0 Å². The molecule has 1 fully saturated rings. The molecule has 0 bridgehead atoms. The molecule has 0 radical (unpaired) electrons. The molecule has 152 valence electrons. The van der Waals surface area contributed by atoms with E-state index in [1.54, 1.807) is 24.3 Å². The number of carbonyl (C=O) groups is 2. The van der Waals surface area contributed by atoms with Crippen molar-refractivity contribution in [2.75, 3.05) is 26.2 Å². The average molecular weight is 401 g/mol. The number of nitrogens with zero attached hydrogens (tertiary/aromatic N) is 3. The van der Waals surface area contributed by atoms with Crippen molar-refractivity contribution in [3.05, 3.63) is 71.4 Å². The lowest BCUT2D eigenvalue weighted by Crippen LogP contribution is -2.52. The van der Waals surface area contributed by atoms with Gasteiger partial charge >= 0.3 is 0 Å². The number of hydrogen-bond acceptors (Lipinski definition) is 4. The summed E-state index contributed by atoms with van der Waals surface area (Å²) in [6, 6.07) is 16.4. The number of primary amides is 1. The minimum absolute atomic E-state index is 0.0772. The number of nitrogens with two attached hydrogens (primary N) is 1. The van der Waals surface area contributed by atoms with Crippen molar-refractivity contribution in [1.82, 2.24) is 14.8 Å². The van der Waals surface area contributed by atoms with Crippen LogP contribution in [0.1, 0.15) is 22.7 Å². The Bertz CT molecular complexity index is 1100. The van der Waals surface area contributed by atoms with Crippen LogP contribution in [0.25, 0.3) is 10.9 Å². The van der Waals surface area contributed by atoms with E-state index in [0.717, 1.165) is 22.0 Å². The molecule has 1 atom stereocenters. The third-order valence-electron chi connectivity index (χ3n) is 5.67. The summed E-state index contributed by atoms with van der Waals surface area (Å²) in [4.78, 5) is 32.0. The Morgan fingerprint density at radius 2 is 1.77 bits per heavy atom. The largest absolute Gasteiger partial charge is 0.368 e. The van der Waals surface area contributed by atoms with Crippen LogP contribution in [-0.2, 0) is 16.0 Å². The van der Waals surface area contributed by atoms with Crippen molar-refractivity contribution in [3.8, 4) is 6.07 Å². The van der Waals surface area contributed by atoms with E-state index in [1.165, 1.54) is 0 Å². The zero-order valence-electron chi connectivity index (χ0n) is 16.5. The van der Waals surface area contributed by atoms with E-state index in [1.807, 2.05) is 40.3 Å². The fraction of sp³-hybridized carbons (Fsp3) is 0.261. The van der Waals surface area contributed by atoms with Gasteiger partial charge in [-0.25, -0.2) is 0 Å². The van der Waals surface area contributed by atoms with Crippen molar-refractivity contribution in [1.29, 1.82) is 5.26 Å². The summed E-state index contributed by atoms with van der Waals surface area (Å²) < 4.78 is 0. The SMILES string of the molecule is N#Cc1ccc(C(C(N)=O)N2CCN(C(=O)Cc3c[nH]c4ccccc34)CC2)cc1. The molecule has 2 heterocycles. The van der Waals surface area contributed by atoms with Crippen LogP contribution in [0.3, 0.4) is 0 Å². The Balaban J connectivity index is 1.41. The van der Waals surface area contributed by atoms with Crippen LogP contribution >= 0.6 is 0 Å². The number of carbonyl (C=O) groups excluding carboxylic acids is 2. The number of para-hydroxylation sites is 1. The molecule has 3 N–H and O–H groups in total. The molecule has 0 aliphatic carbocycles. The van der Waals surface area contributed by atoms with Crippen LogP contribution in [0.4, 0.5) is 0 Å². The number of hydrogen-bond donors (Lipinski definition) is 2. The Hall–Kier alpha value is -3.63. The molecule has 7 heteroatoms. The maximum Gasteiger partial charge on any atom is 0.239 e. The van der Waals surface area contributed by atoms with Crippen molar-refractivity contribution >= 4 is 22.7 Å². The molecule has 3 aromatic rings. The predicted molar refractivity (Wildman–Crippen MR) is 113 cm³/mol. The van der Waals surface area contributed by atoms with Crippen LogP contribution < -0.4 is 5.73 Å². The molecule has 0 saturated carbocycles. The summed E-state index contributed by atoms with van der Waals surface area (Å²) in [6.45, 7) is 2.21. The van der Waals surface area contributed by atoms with Crippen molar-refractivity contribution in [2.45, 2.75) is 12.5 Å². The summed E-state index contributed by atoms with van der Waals surface area (Å²) in [5, 5.41) is 10.0. The normalized spacial score (nSPS) is 15.6. The Labute approximate surface area is 174 Å². The standard InChI is InChI=1S/C23H23N5O2/c24-14-16-5-7-17(8-6-16)22(23(25)30)28-11-9-27(10-12-28)21(29)13-18-15-26-20-4-2-1-3-19(18)20/h1-8,15,22,26H,9-13H2,(H2,25,30). The highest BCUT2D eigenvalue weighted by molar-refractivity contribution is 5.89. The molecule has 2 aromatic carbocycles. The van der Waals surface area contributed by atoms with E-state index in [4.69, 9.17) is 11.0 Å². The molecule has 2 amide bonds. The Morgan fingerprint density at radius 1 is 1.07 bits per heavy atom. The first kappa shape index (κ1) is 19.7. The van der Waals surface area contributed by atoms with Gasteiger partial charge in [0.25, 0.3) is 0 Å². The molecule has 0 spiro atoms. The van der Waals surface area contributed by atoms with Crippen LogP contribution in [0, 0.1) is 11.3 Å². The van der Waals surface area contributed by atoms with Crippen LogP contribution in [-0.4, -0.2) is 52.8 Å². The average Bonchev–Trinajstić information content (AvgIpc) is 3.17. The van der Waals surface area contributed by atoms with E-state index in [9.17, 15) is 9.59 Å². The maximum atomic E-state index is 12.8. The Morgan fingerprint density at radius 3 is 2.43 bits per heavy atom. The van der Waals surface area contributed by atoms with Gasteiger partial charge in [0.1, 0.15) is 6.04 Å². The lowest BCUT2D eigenvalue weighted by molar-refractivity contribution is -0.133. The lowest BCUT2D eigenvalue weighted by Gasteiger charge is -2.38. The van der Waals surface area contributed by atoms with E-state index in [2.05, 4.69) is 11.1 Å². The monoisotopic (exact) mass is 401 g/mol. The predicted octanol–water partition coefficient (Wildman–Crippen LogP) is 1.95. The first-order chi connectivity index (χ1) is 14.6. The first-order valence-corrected chi connectivity index (χ1v) is 9.93. The molecule has 1 unspecified atom stereocenters. The molecular formula is C23H23N5O2. The summed E-state index contributed by atoms with van der Waals surface area (Å²) >= 11 is 0. The fourth-order valence-electron chi connectivity index (χ4n) is 4.08. The number of fused-ring (bicyclic) bond motifs is 1. The molecule has 7 nitrogen and oxygen atoms in total. The number of aromatic amines is 1. The van der Waals surface area contributed by atoms with Gasteiger partial charge in [-0.15, -0.1) is 0 Å². The van der Waals surface area contributed by atoms with E-state index >= 15 is 0 Å². The lowest BCUT2D eigenvalue weighted by atomic mass is 10.0. The second kappa shape index (κ2) is 8.39. The van der Waals surface area contributed by atoms with Gasteiger partial charge < -0.3 is 15.6 Å². The van der Waals surface area contributed by atoms with Gasteiger partial charge in [0.2, 0.25) is 11.8 Å². The van der Waals surface area contributed by atoms with Gasteiger partial charge in [-0.1, -0.05) is 30.3 Å². The Kier molecular flexibility index (Phi) is 5.50. The number of benzene rings is 2. The van der Waals surface area contributed by atoms with Crippen molar-refractivity contribution in [3.63, 3.8) is 0 Å². The van der Waals surface area contributed by atoms with Gasteiger partial charge in [-0.3, -0.25) is 14.5 Å². The summed E-state index contributed by atoms with van der Waals surface area (Å²) in [6.07, 6.45) is 2.24. The summed E-state index contributed by atoms with van der Waals surface area (Å²) in [5.41, 5.74) is 8.99. The van der Waals surface area contributed by atoms with Gasteiger partial charge in [0, 0.05) is 43.3 Å². The number of nitriles is 1. The number of nitrogens with one attached hydrogen (secondary N) is 1. The molecule has 1 aliphatic rings. The quantitative estimate of drug-likeness (QED) is 0.681. The number of rotatable bonds is 5. The highest BCUT2D eigenvalue weighted by Crippen LogP contribution is 2.23. The molecule has 30 heavy (non-hydrogen) atoms. The molecule has 1 aromatic heterocycles. The summed E-state index contributed by atoms with van der Waals surface area (Å²) in [5.74, 6) is -0.355. The molecule has 1 saturated heterocycles. The highest BCUT2D eigenvalue weighted by Gasteiger charge is 2.30. The zero-order valence-corrected chi connectivity index (χ0v) is 16.5. The van der Waals surface area contributed by atoms with Crippen molar-refractivity contribution in [2.24, 2.45) is 5.73 Å².